The van der Waals surface area contributed by atoms with Gasteiger partial charge in [0.1, 0.15) is 0 Å². The molecule has 0 saturated carbocycles. The van der Waals surface area contributed by atoms with Crippen LogP contribution in [0, 0.1) is 13.8 Å². The van der Waals surface area contributed by atoms with Gasteiger partial charge in [-0.05, 0) is 38.1 Å². The summed E-state index contributed by atoms with van der Waals surface area (Å²) in [5, 5.41) is 8.62. The van der Waals surface area contributed by atoms with Crippen LogP contribution >= 0.6 is 0 Å². The third-order valence-corrected chi connectivity index (χ3v) is 5.23. The van der Waals surface area contributed by atoms with E-state index in [1.165, 1.54) is 22.9 Å². The van der Waals surface area contributed by atoms with Crippen LogP contribution in [0.1, 0.15) is 11.4 Å². The number of aryl methyl sites for hydroxylation is 2. The second kappa shape index (κ2) is 7.22. The number of nitrogens with one attached hydrogen (secondary N) is 1. The van der Waals surface area contributed by atoms with Crippen LogP contribution in [0.15, 0.2) is 58.2 Å². The van der Waals surface area contributed by atoms with Gasteiger partial charge in [-0.2, -0.15) is 5.10 Å². The van der Waals surface area contributed by atoms with Gasteiger partial charge in [0.2, 0.25) is 10.0 Å². The number of hydrogen-bond acceptors (Lipinski definition) is 5. The zero-order chi connectivity index (χ0) is 18.7. The molecule has 2 heterocycles. The van der Waals surface area contributed by atoms with Gasteiger partial charge in [-0.25, -0.2) is 22.5 Å². The molecule has 26 heavy (non-hydrogen) atoms. The van der Waals surface area contributed by atoms with Crippen LogP contribution in [0.25, 0.3) is 5.82 Å². The summed E-state index contributed by atoms with van der Waals surface area (Å²) in [5.74, 6) is 0.501. The summed E-state index contributed by atoms with van der Waals surface area (Å²) in [5.41, 5.74) is 1.43. The lowest BCUT2D eigenvalue weighted by Crippen LogP contribution is -2.32. The second-order valence-electron chi connectivity index (χ2n) is 5.80. The number of rotatable bonds is 6. The topological polar surface area (TPSA) is 98.9 Å². The monoisotopic (exact) mass is 373 g/mol. The van der Waals surface area contributed by atoms with Gasteiger partial charge in [0.15, 0.2) is 5.82 Å². The molecular formula is C17H19N5O3S. The predicted molar refractivity (Wildman–Crippen MR) is 96.7 cm³/mol. The molecule has 0 aliphatic rings. The van der Waals surface area contributed by atoms with Gasteiger partial charge >= 0.3 is 0 Å². The summed E-state index contributed by atoms with van der Waals surface area (Å²) in [6, 6.07) is 13.0. The molecule has 3 aromatic rings. The Balaban J connectivity index is 1.75. The first-order valence-corrected chi connectivity index (χ1v) is 9.52. The molecule has 2 aromatic heterocycles. The summed E-state index contributed by atoms with van der Waals surface area (Å²) in [4.78, 5) is 12.2. The normalized spacial score (nSPS) is 11.6. The van der Waals surface area contributed by atoms with Crippen LogP contribution < -0.4 is 10.3 Å². The summed E-state index contributed by atoms with van der Waals surface area (Å²) < 4.78 is 29.8. The number of aromatic nitrogens is 4. The number of nitrogens with zero attached hydrogens (tertiary/aromatic N) is 4. The van der Waals surface area contributed by atoms with Gasteiger partial charge in [-0.1, -0.05) is 18.2 Å². The Morgan fingerprint density at radius 3 is 2.42 bits per heavy atom. The molecule has 3 rings (SSSR count). The Bertz CT molecular complexity index is 1070. The average molecular weight is 373 g/mol. The molecule has 0 aliphatic carbocycles. The number of benzene rings is 1. The van der Waals surface area contributed by atoms with Crippen molar-refractivity contribution in [3.8, 4) is 5.82 Å². The van der Waals surface area contributed by atoms with Crippen LogP contribution in [0.3, 0.4) is 0 Å². The summed E-state index contributed by atoms with van der Waals surface area (Å²) in [6.45, 7) is 3.92. The lowest BCUT2D eigenvalue weighted by molar-refractivity contribution is 0.541. The van der Waals surface area contributed by atoms with Crippen LogP contribution in [-0.4, -0.2) is 34.5 Å². The molecule has 0 atom stereocenters. The highest BCUT2D eigenvalue weighted by Crippen LogP contribution is 2.08. The van der Waals surface area contributed by atoms with Crippen LogP contribution in [0.2, 0.25) is 0 Å². The number of hydrogen-bond donors (Lipinski definition) is 1. The quantitative estimate of drug-likeness (QED) is 0.696. The van der Waals surface area contributed by atoms with E-state index in [9.17, 15) is 13.2 Å². The van der Waals surface area contributed by atoms with Gasteiger partial charge in [-0.15, -0.1) is 5.10 Å². The molecule has 0 amide bonds. The lowest BCUT2D eigenvalue weighted by Gasteiger charge is -2.09. The van der Waals surface area contributed by atoms with Crippen molar-refractivity contribution in [2.24, 2.45) is 0 Å². The largest absolute Gasteiger partial charge is 0.268 e. The summed E-state index contributed by atoms with van der Waals surface area (Å²) in [6.07, 6.45) is 0. The molecule has 0 bridgehead atoms. The van der Waals surface area contributed by atoms with Crippen LogP contribution in [-0.2, 0) is 16.6 Å². The maximum absolute atomic E-state index is 12.2. The van der Waals surface area contributed by atoms with Crippen molar-refractivity contribution in [1.29, 1.82) is 0 Å². The first-order chi connectivity index (χ1) is 12.4. The molecule has 136 valence electrons. The fraction of sp³-hybridized carbons (Fsp3) is 0.235. The smallest absolute Gasteiger partial charge is 0.266 e. The minimum absolute atomic E-state index is 0.0463. The van der Waals surface area contributed by atoms with Crippen molar-refractivity contribution in [1.82, 2.24) is 24.3 Å². The molecule has 0 aliphatic heterocycles. The Kier molecular flexibility index (Phi) is 5.01. The molecule has 1 N–H and O–H groups in total. The van der Waals surface area contributed by atoms with E-state index in [1.807, 2.05) is 19.9 Å². The Morgan fingerprint density at radius 1 is 1.04 bits per heavy atom. The van der Waals surface area contributed by atoms with E-state index in [1.54, 1.807) is 28.9 Å². The van der Waals surface area contributed by atoms with Gasteiger partial charge < -0.3 is 0 Å². The van der Waals surface area contributed by atoms with Gasteiger partial charge in [0, 0.05) is 18.3 Å². The zero-order valence-corrected chi connectivity index (χ0v) is 15.3. The molecule has 0 unspecified atom stereocenters. The standard InChI is InChI=1S/C17H19N5O3S/c1-13-12-14(2)22(19-13)16-8-9-17(23)21(20-16)11-10-18-26(24,25)15-6-4-3-5-7-15/h3-9,12,18H,10-11H2,1-2H3. The molecule has 0 fully saturated rings. The van der Waals surface area contributed by atoms with E-state index in [0.717, 1.165) is 11.4 Å². The minimum Gasteiger partial charge on any atom is -0.268 e. The molecule has 8 nitrogen and oxygen atoms in total. The minimum atomic E-state index is -3.62. The molecule has 0 spiro atoms. The molecule has 0 saturated heterocycles. The highest BCUT2D eigenvalue weighted by Gasteiger charge is 2.13. The fourth-order valence-corrected chi connectivity index (χ4v) is 3.58. The van der Waals surface area contributed by atoms with Crippen LogP contribution in [0.4, 0.5) is 0 Å². The second-order valence-corrected chi connectivity index (χ2v) is 7.57. The third-order valence-electron chi connectivity index (χ3n) is 3.75. The molecule has 1 aromatic carbocycles. The summed E-state index contributed by atoms with van der Waals surface area (Å²) >= 11 is 0. The zero-order valence-electron chi connectivity index (χ0n) is 14.5. The van der Waals surface area contributed by atoms with Crippen molar-refractivity contribution in [3.63, 3.8) is 0 Å². The van der Waals surface area contributed by atoms with E-state index in [2.05, 4.69) is 14.9 Å². The molecule has 9 heteroatoms. The van der Waals surface area contributed by atoms with Gasteiger partial charge in [-0.3, -0.25) is 4.79 Å². The predicted octanol–water partition coefficient (Wildman–Crippen LogP) is 1.02. The van der Waals surface area contributed by atoms with E-state index in [4.69, 9.17) is 0 Å². The van der Waals surface area contributed by atoms with Crippen LogP contribution in [0.5, 0.6) is 0 Å². The highest BCUT2D eigenvalue weighted by atomic mass is 32.2. The van der Waals surface area contributed by atoms with E-state index in [0.29, 0.717) is 5.82 Å². The van der Waals surface area contributed by atoms with Crippen molar-refractivity contribution in [2.45, 2.75) is 25.3 Å². The Morgan fingerprint density at radius 2 is 1.77 bits per heavy atom. The highest BCUT2D eigenvalue weighted by molar-refractivity contribution is 7.89. The van der Waals surface area contributed by atoms with Crippen molar-refractivity contribution >= 4 is 10.0 Å². The maximum Gasteiger partial charge on any atom is 0.266 e. The summed E-state index contributed by atoms with van der Waals surface area (Å²) in [7, 11) is -3.62. The van der Waals surface area contributed by atoms with Gasteiger partial charge in [0.25, 0.3) is 5.56 Å². The van der Waals surface area contributed by atoms with Crippen molar-refractivity contribution in [3.05, 3.63) is 70.3 Å². The molecule has 0 radical (unpaired) electrons. The van der Waals surface area contributed by atoms with Crippen molar-refractivity contribution in [2.75, 3.05) is 6.54 Å². The average Bonchev–Trinajstić information content (AvgIpc) is 2.95. The van der Waals surface area contributed by atoms with Gasteiger partial charge in [0.05, 0.1) is 17.1 Å². The first-order valence-electron chi connectivity index (χ1n) is 8.03. The van der Waals surface area contributed by atoms with E-state index in [-0.39, 0.29) is 23.5 Å². The first kappa shape index (κ1) is 18.0. The molecular weight excluding hydrogens is 354 g/mol. The Hall–Kier alpha value is -2.78. The van der Waals surface area contributed by atoms with Crippen molar-refractivity contribution < 1.29 is 8.42 Å². The number of sulfonamides is 1. The Labute approximate surface area is 151 Å². The lowest BCUT2D eigenvalue weighted by atomic mass is 10.4. The van der Waals surface area contributed by atoms with E-state index >= 15 is 0 Å². The third kappa shape index (κ3) is 3.89. The van der Waals surface area contributed by atoms with E-state index < -0.39 is 10.0 Å². The fourth-order valence-electron chi connectivity index (χ4n) is 2.54. The maximum atomic E-state index is 12.2. The SMILES string of the molecule is Cc1cc(C)n(-c2ccc(=O)n(CCNS(=O)(=O)c3ccccc3)n2)n1.